The largest absolute Gasteiger partial charge is 0.394 e. The minimum absolute atomic E-state index is 0.00713. The highest BCUT2D eigenvalue weighted by molar-refractivity contribution is 7.15. The second kappa shape index (κ2) is 10.7. The Morgan fingerprint density at radius 1 is 1.09 bits per heavy atom. The van der Waals surface area contributed by atoms with Crippen LogP contribution in [-0.4, -0.2) is 58.1 Å². The molecular formula is C27H29FO6S. The number of aliphatic hydroxyl groups excluding tert-OH is 4. The highest BCUT2D eigenvalue weighted by Crippen LogP contribution is 2.41. The number of aryl methyl sites for hydroxylation is 1. The van der Waals surface area contributed by atoms with Crippen molar-refractivity contribution in [3.8, 4) is 10.4 Å². The Morgan fingerprint density at radius 2 is 1.83 bits per heavy atom. The first kappa shape index (κ1) is 25.7. The molecule has 5 atom stereocenters. The first-order chi connectivity index (χ1) is 16.8. The fraction of sp³-hybridized carbons (Fsp3) is 0.333. The Labute approximate surface area is 207 Å². The highest BCUT2D eigenvalue weighted by atomic mass is 32.1. The molecule has 0 bridgehead atoms. The van der Waals surface area contributed by atoms with E-state index < -0.39 is 36.8 Å². The van der Waals surface area contributed by atoms with Gasteiger partial charge in [0.1, 0.15) is 30.2 Å². The van der Waals surface area contributed by atoms with Crippen LogP contribution in [0.3, 0.4) is 0 Å². The molecule has 4 rings (SSSR count). The Balaban J connectivity index is 1.67. The van der Waals surface area contributed by atoms with Crippen molar-refractivity contribution < 1.29 is 34.3 Å². The first-order valence-electron chi connectivity index (χ1n) is 11.3. The van der Waals surface area contributed by atoms with Crippen LogP contribution >= 0.6 is 11.3 Å². The van der Waals surface area contributed by atoms with E-state index in [2.05, 4.69) is 6.58 Å². The van der Waals surface area contributed by atoms with E-state index in [-0.39, 0.29) is 12.4 Å². The van der Waals surface area contributed by atoms with E-state index in [1.807, 2.05) is 31.2 Å². The van der Waals surface area contributed by atoms with Crippen molar-refractivity contribution in [1.29, 1.82) is 0 Å². The molecular weight excluding hydrogens is 471 g/mol. The third kappa shape index (κ3) is 5.10. The van der Waals surface area contributed by atoms with Crippen molar-refractivity contribution in [1.82, 2.24) is 0 Å². The quantitative estimate of drug-likeness (QED) is 0.355. The third-order valence-electron chi connectivity index (χ3n) is 6.27. The third-order valence-corrected chi connectivity index (χ3v) is 7.41. The SMILES string of the molecule is C=CCOC1(c2ccc(C)c(Cc3ccc(-c4ccc(F)cc4)s3)c2)OC(CO)C(O)C(O)C1O. The molecule has 1 aliphatic rings. The zero-order chi connectivity index (χ0) is 25.2. The normalized spacial score (nSPS) is 26.6. The van der Waals surface area contributed by atoms with E-state index in [0.29, 0.717) is 12.0 Å². The second-order valence-electron chi connectivity index (χ2n) is 8.62. The summed E-state index contributed by atoms with van der Waals surface area (Å²) in [5, 5.41) is 41.4. The van der Waals surface area contributed by atoms with Crippen LogP contribution in [0, 0.1) is 12.7 Å². The molecule has 6 nitrogen and oxygen atoms in total. The number of halogens is 1. The van der Waals surface area contributed by atoms with Crippen LogP contribution in [0.4, 0.5) is 4.39 Å². The van der Waals surface area contributed by atoms with Crippen LogP contribution in [0.5, 0.6) is 0 Å². The van der Waals surface area contributed by atoms with Crippen molar-refractivity contribution in [2.45, 2.75) is 43.5 Å². The Hall–Kier alpha value is -2.43. The van der Waals surface area contributed by atoms with Gasteiger partial charge in [0, 0.05) is 21.7 Å². The van der Waals surface area contributed by atoms with E-state index in [1.165, 1.54) is 18.2 Å². The van der Waals surface area contributed by atoms with Crippen molar-refractivity contribution in [2.75, 3.05) is 13.2 Å². The van der Waals surface area contributed by atoms with Gasteiger partial charge in [0.05, 0.1) is 13.2 Å². The topological polar surface area (TPSA) is 99.4 Å². The summed E-state index contributed by atoms with van der Waals surface area (Å²) in [4.78, 5) is 2.10. The second-order valence-corrected chi connectivity index (χ2v) is 9.79. The van der Waals surface area contributed by atoms with Gasteiger partial charge in [0.15, 0.2) is 0 Å². The summed E-state index contributed by atoms with van der Waals surface area (Å²) >= 11 is 1.60. The number of ether oxygens (including phenoxy) is 2. The van der Waals surface area contributed by atoms with Gasteiger partial charge in [-0.1, -0.05) is 30.3 Å². The summed E-state index contributed by atoms with van der Waals surface area (Å²) in [6.07, 6.45) is -3.75. The number of aliphatic hydroxyl groups is 4. The summed E-state index contributed by atoms with van der Waals surface area (Å²) in [6, 6.07) is 15.8. The average Bonchev–Trinajstić information content (AvgIpc) is 3.33. The zero-order valence-corrected chi connectivity index (χ0v) is 20.1. The Morgan fingerprint density at radius 3 is 2.51 bits per heavy atom. The van der Waals surface area contributed by atoms with Crippen molar-refractivity contribution in [2.24, 2.45) is 0 Å². The lowest BCUT2D eigenvalue weighted by atomic mass is 9.86. The fourth-order valence-electron chi connectivity index (χ4n) is 4.27. The lowest BCUT2D eigenvalue weighted by molar-refractivity contribution is -0.370. The van der Waals surface area contributed by atoms with Crippen LogP contribution in [0.1, 0.15) is 21.6 Å². The molecule has 3 aromatic rings. The minimum Gasteiger partial charge on any atom is -0.394 e. The maximum atomic E-state index is 13.3. The molecule has 5 unspecified atom stereocenters. The van der Waals surface area contributed by atoms with Gasteiger partial charge in [-0.05, 0) is 53.9 Å². The summed E-state index contributed by atoms with van der Waals surface area (Å²) in [6.45, 7) is 5.06. The van der Waals surface area contributed by atoms with Crippen molar-refractivity contribution in [3.05, 3.63) is 94.6 Å². The predicted molar refractivity (Wildman–Crippen MR) is 132 cm³/mol. The molecule has 0 saturated carbocycles. The fourth-order valence-corrected chi connectivity index (χ4v) is 5.31. The van der Waals surface area contributed by atoms with E-state index >= 15 is 0 Å². The molecule has 0 amide bonds. The molecule has 1 aromatic heterocycles. The molecule has 1 aliphatic heterocycles. The van der Waals surface area contributed by atoms with Crippen molar-refractivity contribution >= 4 is 11.3 Å². The molecule has 8 heteroatoms. The van der Waals surface area contributed by atoms with E-state index in [1.54, 1.807) is 29.5 Å². The molecule has 35 heavy (non-hydrogen) atoms. The molecule has 4 N–H and O–H groups in total. The van der Waals surface area contributed by atoms with Crippen LogP contribution in [0.2, 0.25) is 0 Å². The lowest BCUT2D eigenvalue weighted by Gasteiger charge is -2.48. The minimum atomic E-state index is -1.81. The van der Waals surface area contributed by atoms with Crippen molar-refractivity contribution in [3.63, 3.8) is 0 Å². The van der Waals surface area contributed by atoms with Gasteiger partial charge < -0.3 is 29.9 Å². The summed E-state index contributed by atoms with van der Waals surface area (Å²) in [5.41, 5.74) is 3.35. The standard InChI is InChI=1S/C27H29FO6S/c1-3-12-33-27(26(32)25(31)24(30)22(15-29)34-27)19-7-4-16(2)18(13-19)14-21-10-11-23(35-21)17-5-8-20(28)9-6-17/h3-11,13,22,24-26,29-32H,1,12,14-15H2,2H3. The summed E-state index contributed by atoms with van der Waals surface area (Å²) < 4.78 is 25.1. The van der Waals surface area contributed by atoms with Gasteiger partial charge in [0.2, 0.25) is 5.79 Å². The Kier molecular flexibility index (Phi) is 7.83. The van der Waals surface area contributed by atoms with Crippen LogP contribution < -0.4 is 0 Å². The number of hydrogen-bond donors (Lipinski definition) is 4. The molecule has 2 aromatic carbocycles. The molecule has 1 fully saturated rings. The van der Waals surface area contributed by atoms with Gasteiger partial charge in [-0.2, -0.15) is 0 Å². The van der Waals surface area contributed by atoms with Crippen LogP contribution in [0.15, 0.2) is 67.3 Å². The van der Waals surface area contributed by atoms with Crippen LogP contribution in [-0.2, 0) is 21.7 Å². The predicted octanol–water partition coefficient (Wildman–Crippen LogP) is 3.28. The molecule has 2 heterocycles. The van der Waals surface area contributed by atoms with Gasteiger partial charge in [-0.3, -0.25) is 0 Å². The van der Waals surface area contributed by atoms with Gasteiger partial charge in [0.25, 0.3) is 0 Å². The summed E-state index contributed by atoms with van der Waals surface area (Å²) in [5.74, 6) is -2.09. The molecule has 186 valence electrons. The van der Waals surface area contributed by atoms with E-state index in [4.69, 9.17) is 9.47 Å². The van der Waals surface area contributed by atoms with Gasteiger partial charge in [-0.15, -0.1) is 17.9 Å². The highest BCUT2D eigenvalue weighted by Gasteiger charge is 2.55. The number of hydrogen-bond acceptors (Lipinski definition) is 7. The van der Waals surface area contributed by atoms with E-state index in [9.17, 15) is 24.8 Å². The molecule has 0 aliphatic carbocycles. The first-order valence-corrected chi connectivity index (χ1v) is 12.1. The number of thiophene rings is 1. The molecule has 0 radical (unpaired) electrons. The maximum Gasteiger partial charge on any atom is 0.225 e. The number of rotatable bonds is 8. The monoisotopic (exact) mass is 500 g/mol. The maximum absolute atomic E-state index is 13.3. The van der Waals surface area contributed by atoms with Crippen LogP contribution in [0.25, 0.3) is 10.4 Å². The molecule has 1 saturated heterocycles. The molecule has 0 spiro atoms. The van der Waals surface area contributed by atoms with Gasteiger partial charge in [-0.25, -0.2) is 4.39 Å². The average molecular weight is 501 g/mol. The summed E-state index contributed by atoms with van der Waals surface area (Å²) in [7, 11) is 0. The lowest BCUT2D eigenvalue weighted by Crippen LogP contribution is -2.64. The van der Waals surface area contributed by atoms with E-state index in [0.717, 1.165) is 26.4 Å². The number of benzene rings is 2. The smallest absolute Gasteiger partial charge is 0.225 e. The Bertz CT molecular complexity index is 1160. The zero-order valence-electron chi connectivity index (χ0n) is 19.3. The van der Waals surface area contributed by atoms with Gasteiger partial charge >= 0.3 is 0 Å².